The summed E-state index contributed by atoms with van der Waals surface area (Å²) in [6, 6.07) is 0. The Kier molecular flexibility index (Phi) is 78.3. The van der Waals surface area contributed by atoms with Crippen LogP contribution in [0.5, 0.6) is 0 Å². The van der Waals surface area contributed by atoms with Crippen LogP contribution in [-0.2, 0) is 19.1 Å². The SMILES string of the molecule is CC/C=C\C/C=C\C/C=C\C/C=C\C/C=C\C/C=C\C/C=C\C/C=C\C/C=C\C/C=C\C/C=C\C/C=C\CCCCC(=O)OC(CO)COC(=O)CCCCCCCCCCCCCCCCCCCCCCCCCCCCCCC/C=C\C/C=C\CCCCCCC. The summed E-state index contributed by atoms with van der Waals surface area (Å²) in [4.78, 5) is 24.7. The van der Waals surface area contributed by atoms with Crippen molar-refractivity contribution in [3.63, 3.8) is 0 Å². The van der Waals surface area contributed by atoms with E-state index in [1.165, 1.54) is 212 Å². The number of aliphatic hydroxyl groups excluding tert-OH is 1. The molecule has 94 heavy (non-hydrogen) atoms. The molecule has 0 aliphatic carbocycles. The third kappa shape index (κ3) is 79.7. The standard InChI is InChI=1S/C89H148O5/c1-3-5-7-9-11-13-15-17-19-21-23-25-27-29-31-33-35-37-39-41-43-44-46-47-49-51-53-55-57-59-61-63-65-67-69-71-73-75-77-79-81-83-88(91)93-86-87(85-90)94-89(92)84-82-80-78-76-74-72-70-68-66-64-62-60-58-56-54-52-50-48-45-42-40-38-36-34-32-30-28-26-24-22-20-18-16-14-12-10-8-6-4-2/h6,8,12,14-15,17-18,20-21,23-24,26,30,32,36,38,42,45,50,52,56,58,62,64,68,70,74,76,87,90H,3-5,7,9-11,13,16,19,22,25,27-29,31,33-35,37,39-41,43-44,46-49,51,53-55,57,59-61,63,65-67,69,71-73,75,77-86H2,1-2H3/b8-6-,14-12-,17-15-,20-18-,23-21-,26-24-,32-30-,38-36-,45-42-,52-50-,58-56-,64-62-,70-68-,76-74-. The Morgan fingerprint density at radius 1 is 0.255 bits per heavy atom. The number of carbonyl (C=O) groups is 2. The van der Waals surface area contributed by atoms with Gasteiger partial charge in [-0.05, 0) is 135 Å². The Morgan fingerprint density at radius 2 is 0.457 bits per heavy atom. The van der Waals surface area contributed by atoms with Crippen molar-refractivity contribution in [1.82, 2.24) is 0 Å². The molecule has 0 aromatic carbocycles. The molecule has 0 rings (SSSR count). The van der Waals surface area contributed by atoms with E-state index in [1.807, 2.05) is 0 Å². The Bertz CT molecular complexity index is 2010. The average molecular weight is 1300 g/mol. The Hall–Kier alpha value is -4.74. The van der Waals surface area contributed by atoms with Gasteiger partial charge in [-0.25, -0.2) is 0 Å². The highest BCUT2D eigenvalue weighted by molar-refractivity contribution is 5.70. The van der Waals surface area contributed by atoms with Crippen molar-refractivity contribution < 1.29 is 24.2 Å². The first-order valence-electron chi connectivity index (χ1n) is 39.7. The molecule has 0 bridgehead atoms. The highest BCUT2D eigenvalue weighted by Crippen LogP contribution is 2.18. The molecule has 0 aromatic rings. The predicted molar refractivity (Wildman–Crippen MR) is 417 cm³/mol. The summed E-state index contributed by atoms with van der Waals surface area (Å²) < 4.78 is 10.7. The highest BCUT2D eigenvalue weighted by atomic mass is 16.6. The number of allylic oxidation sites excluding steroid dienone is 28. The summed E-state index contributed by atoms with van der Waals surface area (Å²) in [6.45, 7) is 4.00. The molecule has 534 valence electrons. The van der Waals surface area contributed by atoms with Crippen LogP contribution in [0.4, 0.5) is 0 Å². The molecule has 0 aliphatic heterocycles. The van der Waals surface area contributed by atoms with Gasteiger partial charge in [-0.15, -0.1) is 0 Å². The van der Waals surface area contributed by atoms with Gasteiger partial charge in [-0.1, -0.05) is 383 Å². The zero-order chi connectivity index (χ0) is 67.5. The van der Waals surface area contributed by atoms with Crippen molar-refractivity contribution in [3.8, 4) is 0 Å². The zero-order valence-corrected chi connectivity index (χ0v) is 61.4. The molecule has 0 saturated heterocycles. The first kappa shape index (κ1) is 89.3. The van der Waals surface area contributed by atoms with Crippen LogP contribution in [-0.4, -0.2) is 36.4 Å². The second-order valence-corrected chi connectivity index (χ2v) is 26.1. The lowest BCUT2D eigenvalue weighted by atomic mass is 10.0. The van der Waals surface area contributed by atoms with Crippen LogP contribution >= 0.6 is 0 Å². The van der Waals surface area contributed by atoms with Gasteiger partial charge in [0.1, 0.15) is 6.61 Å². The Morgan fingerprint density at radius 3 is 0.713 bits per heavy atom. The summed E-state index contributed by atoms with van der Waals surface area (Å²) in [5.41, 5.74) is 0. The lowest BCUT2D eigenvalue weighted by Gasteiger charge is -2.15. The van der Waals surface area contributed by atoms with E-state index >= 15 is 0 Å². The van der Waals surface area contributed by atoms with Crippen molar-refractivity contribution in [2.24, 2.45) is 0 Å². The number of hydrogen-bond donors (Lipinski definition) is 1. The molecule has 0 heterocycles. The first-order valence-corrected chi connectivity index (χ1v) is 39.7. The van der Waals surface area contributed by atoms with Gasteiger partial charge in [-0.3, -0.25) is 9.59 Å². The van der Waals surface area contributed by atoms with Crippen molar-refractivity contribution in [2.45, 2.75) is 367 Å². The number of unbranched alkanes of at least 4 members (excludes halogenated alkanes) is 36. The third-order valence-electron chi connectivity index (χ3n) is 17.0. The average Bonchev–Trinajstić information content (AvgIpc) is 3.65. The molecule has 0 saturated carbocycles. The molecule has 1 N–H and O–H groups in total. The summed E-state index contributed by atoms with van der Waals surface area (Å²) in [5, 5.41) is 9.71. The third-order valence-corrected chi connectivity index (χ3v) is 17.0. The van der Waals surface area contributed by atoms with Crippen molar-refractivity contribution in [3.05, 3.63) is 170 Å². The summed E-state index contributed by atoms with van der Waals surface area (Å²) in [7, 11) is 0. The van der Waals surface area contributed by atoms with Gasteiger partial charge in [0.05, 0.1) is 6.61 Å². The lowest BCUT2D eigenvalue weighted by molar-refractivity contribution is -0.161. The number of carbonyl (C=O) groups excluding carboxylic acids is 2. The molecule has 0 radical (unpaired) electrons. The number of hydrogen-bond acceptors (Lipinski definition) is 5. The van der Waals surface area contributed by atoms with Crippen molar-refractivity contribution >= 4 is 11.9 Å². The summed E-state index contributed by atoms with van der Waals surface area (Å²) in [5.74, 6) is -0.640. The van der Waals surface area contributed by atoms with E-state index in [0.29, 0.717) is 12.8 Å². The second-order valence-electron chi connectivity index (χ2n) is 26.1. The number of aliphatic hydroxyl groups is 1. The van der Waals surface area contributed by atoms with E-state index in [2.05, 4.69) is 184 Å². The van der Waals surface area contributed by atoms with Crippen LogP contribution in [0, 0.1) is 0 Å². The van der Waals surface area contributed by atoms with E-state index < -0.39 is 6.10 Å². The molecular weight excluding hydrogens is 1150 g/mol. The molecule has 0 amide bonds. The number of ether oxygens (including phenoxy) is 2. The molecular formula is C89H148O5. The van der Waals surface area contributed by atoms with Crippen LogP contribution < -0.4 is 0 Å². The molecule has 1 atom stereocenters. The van der Waals surface area contributed by atoms with Gasteiger partial charge >= 0.3 is 11.9 Å². The summed E-state index contributed by atoms with van der Waals surface area (Å²) >= 11 is 0. The quantitative estimate of drug-likeness (QED) is 0.0373. The predicted octanol–water partition coefficient (Wildman–Crippen LogP) is 28.3. The van der Waals surface area contributed by atoms with Gasteiger partial charge in [0, 0.05) is 12.8 Å². The zero-order valence-electron chi connectivity index (χ0n) is 61.4. The number of rotatable bonds is 72. The lowest BCUT2D eigenvalue weighted by Crippen LogP contribution is -2.28. The largest absolute Gasteiger partial charge is 0.462 e. The molecule has 0 fully saturated rings. The molecule has 5 nitrogen and oxygen atoms in total. The van der Waals surface area contributed by atoms with E-state index in [1.54, 1.807) is 0 Å². The van der Waals surface area contributed by atoms with Gasteiger partial charge in [0.2, 0.25) is 0 Å². The minimum absolute atomic E-state index is 0.0902. The fraction of sp³-hybridized carbons (Fsp3) is 0.663. The van der Waals surface area contributed by atoms with Crippen molar-refractivity contribution in [2.75, 3.05) is 13.2 Å². The van der Waals surface area contributed by atoms with Gasteiger partial charge < -0.3 is 14.6 Å². The molecule has 5 heteroatoms. The molecule has 0 aromatic heterocycles. The van der Waals surface area contributed by atoms with Gasteiger partial charge in [0.25, 0.3) is 0 Å². The fourth-order valence-electron chi connectivity index (χ4n) is 11.1. The maximum atomic E-state index is 12.4. The topological polar surface area (TPSA) is 72.8 Å². The maximum Gasteiger partial charge on any atom is 0.306 e. The van der Waals surface area contributed by atoms with Crippen LogP contribution in [0.3, 0.4) is 0 Å². The smallest absolute Gasteiger partial charge is 0.306 e. The number of esters is 2. The minimum atomic E-state index is -0.808. The van der Waals surface area contributed by atoms with Crippen LogP contribution in [0.15, 0.2) is 170 Å². The maximum absolute atomic E-state index is 12.4. The minimum Gasteiger partial charge on any atom is -0.462 e. The first-order chi connectivity index (χ1) is 46.6. The van der Waals surface area contributed by atoms with E-state index in [0.717, 1.165) is 122 Å². The van der Waals surface area contributed by atoms with Gasteiger partial charge in [0.15, 0.2) is 6.10 Å². The highest BCUT2D eigenvalue weighted by Gasteiger charge is 2.16. The Balaban J connectivity index is 3.54. The Labute approximate surface area is 583 Å². The van der Waals surface area contributed by atoms with E-state index in [-0.39, 0.29) is 25.2 Å². The summed E-state index contributed by atoms with van der Waals surface area (Å²) in [6.07, 6.45) is 127. The van der Waals surface area contributed by atoms with Crippen molar-refractivity contribution in [1.29, 1.82) is 0 Å². The van der Waals surface area contributed by atoms with E-state index in [4.69, 9.17) is 9.47 Å². The molecule has 0 aliphatic rings. The van der Waals surface area contributed by atoms with Crippen LogP contribution in [0.2, 0.25) is 0 Å². The van der Waals surface area contributed by atoms with Crippen LogP contribution in [0.25, 0.3) is 0 Å². The molecule has 0 spiro atoms. The monoisotopic (exact) mass is 1300 g/mol. The van der Waals surface area contributed by atoms with Crippen LogP contribution in [0.1, 0.15) is 361 Å². The fourth-order valence-corrected chi connectivity index (χ4v) is 11.1. The van der Waals surface area contributed by atoms with E-state index in [9.17, 15) is 14.7 Å². The molecule has 1 unspecified atom stereocenters. The normalized spacial score (nSPS) is 13.2. The second kappa shape index (κ2) is 82.5. The van der Waals surface area contributed by atoms with Gasteiger partial charge in [-0.2, -0.15) is 0 Å².